The minimum atomic E-state index is -0.248. The molecule has 0 aliphatic carbocycles. The molecule has 0 unspecified atom stereocenters. The lowest BCUT2D eigenvalue weighted by Gasteiger charge is -2.15. The zero-order valence-corrected chi connectivity index (χ0v) is 20.9. The van der Waals surface area contributed by atoms with Crippen molar-refractivity contribution >= 4 is 34.5 Å². The molecule has 2 N–H and O–H groups in total. The van der Waals surface area contributed by atoms with Gasteiger partial charge in [-0.2, -0.15) is 0 Å². The normalized spacial score (nSPS) is 12.4. The van der Waals surface area contributed by atoms with E-state index in [4.69, 9.17) is 9.47 Å². The third kappa shape index (κ3) is 5.76. The second-order valence-corrected chi connectivity index (χ2v) is 9.79. The maximum Gasteiger partial charge on any atom is 0.262 e. The number of hydrogen-bond acceptors (Lipinski definition) is 7. The highest BCUT2D eigenvalue weighted by Gasteiger charge is 2.20. The van der Waals surface area contributed by atoms with Crippen LogP contribution in [0.3, 0.4) is 0 Å². The maximum absolute atomic E-state index is 13.5. The highest BCUT2D eigenvalue weighted by molar-refractivity contribution is 7.99. The zero-order chi connectivity index (χ0) is 25.1. The van der Waals surface area contributed by atoms with E-state index >= 15 is 0 Å². The highest BCUT2D eigenvalue weighted by Crippen LogP contribution is 2.35. The standard InChI is InChI=1S/C25H28N4O5S/c1-14(2)26-22(30)12-35-25-28-19-10-21-20(33-13-34-21)9-18(19)24(32)29(25)11-16-5-7-17(8-6-16)23(31)27-15(3)4/h5-10,14-15H,11-13H2,1-4H3,(H,26,30)(H,27,31). The quantitative estimate of drug-likeness (QED) is 0.364. The molecule has 9 nitrogen and oxygen atoms in total. The number of thioether (sulfide) groups is 1. The van der Waals surface area contributed by atoms with Gasteiger partial charge in [0, 0.05) is 23.7 Å². The first-order valence-corrected chi connectivity index (χ1v) is 12.4. The van der Waals surface area contributed by atoms with Crippen molar-refractivity contribution in [2.45, 2.75) is 51.5 Å². The Morgan fingerprint density at radius 2 is 1.69 bits per heavy atom. The van der Waals surface area contributed by atoms with E-state index < -0.39 is 0 Å². The number of benzene rings is 2. The van der Waals surface area contributed by atoms with Gasteiger partial charge in [-0.3, -0.25) is 19.0 Å². The molecule has 0 saturated carbocycles. The lowest BCUT2D eigenvalue weighted by atomic mass is 10.1. The molecule has 3 aromatic rings. The van der Waals surface area contributed by atoms with Crippen LogP contribution in [0.4, 0.5) is 0 Å². The summed E-state index contributed by atoms with van der Waals surface area (Å²) in [5.41, 5.74) is 1.59. The molecule has 1 aromatic heterocycles. The number of nitrogens with one attached hydrogen (secondary N) is 2. The Morgan fingerprint density at radius 3 is 2.34 bits per heavy atom. The van der Waals surface area contributed by atoms with E-state index in [1.54, 1.807) is 28.8 Å². The van der Waals surface area contributed by atoms with Gasteiger partial charge in [0.1, 0.15) is 0 Å². The molecule has 10 heteroatoms. The van der Waals surface area contributed by atoms with E-state index in [1.165, 1.54) is 11.8 Å². The first kappa shape index (κ1) is 24.6. The predicted octanol–water partition coefficient (Wildman–Crippen LogP) is 2.93. The van der Waals surface area contributed by atoms with Crippen molar-refractivity contribution in [1.29, 1.82) is 0 Å². The molecule has 35 heavy (non-hydrogen) atoms. The first-order valence-electron chi connectivity index (χ1n) is 11.4. The topological polar surface area (TPSA) is 112 Å². The van der Waals surface area contributed by atoms with Gasteiger partial charge in [-0.25, -0.2) is 4.98 Å². The largest absolute Gasteiger partial charge is 0.454 e. The third-order valence-corrected chi connectivity index (χ3v) is 6.15. The number of amides is 2. The van der Waals surface area contributed by atoms with Crippen molar-refractivity contribution in [3.05, 3.63) is 57.9 Å². The fourth-order valence-corrected chi connectivity index (χ4v) is 4.43. The molecular weight excluding hydrogens is 468 g/mol. The van der Waals surface area contributed by atoms with Crippen molar-refractivity contribution < 1.29 is 19.1 Å². The maximum atomic E-state index is 13.5. The van der Waals surface area contributed by atoms with Gasteiger partial charge in [0.2, 0.25) is 12.7 Å². The molecule has 0 radical (unpaired) electrons. The molecule has 2 aromatic carbocycles. The van der Waals surface area contributed by atoms with Crippen molar-refractivity contribution in [2.24, 2.45) is 0 Å². The Morgan fingerprint density at radius 1 is 1.03 bits per heavy atom. The monoisotopic (exact) mass is 496 g/mol. The van der Waals surface area contributed by atoms with Crippen LogP contribution in [0.2, 0.25) is 0 Å². The summed E-state index contributed by atoms with van der Waals surface area (Å²) in [6, 6.07) is 10.5. The number of nitrogens with zero attached hydrogens (tertiary/aromatic N) is 2. The third-order valence-electron chi connectivity index (χ3n) is 5.17. The second-order valence-electron chi connectivity index (χ2n) is 8.84. The van der Waals surface area contributed by atoms with Gasteiger partial charge in [-0.15, -0.1) is 0 Å². The molecule has 1 aliphatic rings. The zero-order valence-electron chi connectivity index (χ0n) is 20.1. The van der Waals surface area contributed by atoms with Gasteiger partial charge in [-0.1, -0.05) is 23.9 Å². The van der Waals surface area contributed by atoms with Crippen LogP contribution < -0.4 is 25.7 Å². The molecule has 2 heterocycles. The summed E-state index contributed by atoms with van der Waals surface area (Å²) in [6.45, 7) is 7.90. The molecule has 0 bridgehead atoms. The number of aromatic nitrogens is 2. The molecule has 1 aliphatic heterocycles. The van der Waals surface area contributed by atoms with Crippen LogP contribution in [0.25, 0.3) is 10.9 Å². The van der Waals surface area contributed by atoms with E-state index in [0.29, 0.717) is 33.1 Å². The molecular formula is C25H28N4O5S. The minimum absolute atomic E-state index is 0.0148. The summed E-state index contributed by atoms with van der Waals surface area (Å²) in [5.74, 6) is 0.859. The van der Waals surface area contributed by atoms with Gasteiger partial charge in [0.25, 0.3) is 11.5 Å². The van der Waals surface area contributed by atoms with E-state index in [-0.39, 0.29) is 48.5 Å². The molecule has 0 saturated heterocycles. The van der Waals surface area contributed by atoms with E-state index in [0.717, 1.165) is 5.56 Å². The predicted molar refractivity (Wildman–Crippen MR) is 134 cm³/mol. The summed E-state index contributed by atoms with van der Waals surface area (Å²) < 4.78 is 12.4. The summed E-state index contributed by atoms with van der Waals surface area (Å²) in [6.07, 6.45) is 0. The van der Waals surface area contributed by atoms with Crippen molar-refractivity contribution in [3.63, 3.8) is 0 Å². The fraction of sp³-hybridized carbons (Fsp3) is 0.360. The van der Waals surface area contributed by atoms with Gasteiger partial charge >= 0.3 is 0 Å². The first-order chi connectivity index (χ1) is 16.7. The molecule has 2 amide bonds. The number of ether oxygens (including phenoxy) is 2. The van der Waals surface area contributed by atoms with Crippen LogP contribution >= 0.6 is 11.8 Å². The van der Waals surface area contributed by atoms with Crippen LogP contribution in [-0.2, 0) is 11.3 Å². The minimum Gasteiger partial charge on any atom is -0.454 e. The molecule has 0 spiro atoms. The number of rotatable bonds is 8. The van der Waals surface area contributed by atoms with E-state index in [1.807, 2.05) is 39.8 Å². The van der Waals surface area contributed by atoms with Gasteiger partial charge in [0.15, 0.2) is 16.7 Å². The van der Waals surface area contributed by atoms with Crippen LogP contribution in [-0.4, -0.2) is 46.0 Å². The van der Waals surface area contributed by atoms with Crippen LogP contribution in [0.5, 0.6) is 11.5 Å². The molecule has 0 atom stereocenters. The van der Waals surface area contributed by atoms with Crippen LogP contribution in [0.15, 0.2) is 46.3 Å². The Labute approximate surface area is 207 Å². The molecule has 0 fully saturated rings. The Bertz CT molecular complexity index is 1320. The van der Waals surface area contributed by atoms with E-state index in [9.17, 15) is 14.4 Å². The summed E-state index contributed by atoms with van der Waals surface area (Å²) in [7, 11) is 0. The van der Waals surface area contributed by atoms with Crippen LogP contribution in [0.1, 0.15) is 43.6 Å². The summed E-state index contributed by atoms with van der Waals surface area (Å²) >= 11 is 1.20. The smallest absolute Gasteiger partial charge is 0.262 e. The Hall–Kier alpha value is -3.53. The Balaban J connectivity index is 1.68. The molecule has 4 rings (SSSR count). The fourth-order valence-electron chi connectivity index (χ4n) is 3.62. The van der Waals surface area contributed by atoms with Gasteiger partial charge < -0.3 is 20.1 Å². The van der Waals surface area contributed by atoms with Gasteiger partial charge in [-0.05, 0) is 51.5 Å². The highest BCUT2D eigenvalue weighted by atomic mass is 32.2. The lowest BCUT2D eigenvalue weighted by molar-refractivity contribution is -0.119. The average Bonchev–Trinajstić information content (AvgIpc) is 3.25. The number of hydrogen-bond donors (Lipinski definition) is 2. The second kappa shape index (κ2) is 10.4. The van der Waals surface area contributed by atoms with Crippen LogP contribution in [0, 0.1) is 0 Å². The van der Waals surface area contributed by atoms with E-state index in [2.05, 4.69) is 15.6 Å². The summed E-state index contributed by atoms with van der Waals surface area (Å²) in [4.78, 5) is 42.7. The van der Waals surface area contributed by atoms with Crippen molar-refractivity contribution in [1.82, 2.24) is 20.2 Å². The number of carbonyl (C=O) groups excluding carboxylic acids is 2. The average molecular weight is 497 g/mol. The SMILES string of the molecule is CC(C)NC(=O)CSc1nc2cc3c(cc2c(=O)n1Cc1ccc(C(=O)NC(C)C)cc1)OCO3. The molecule has 184 valence electrons. The number of carbonyl (C=O) groups is 2. The van der Waals surface area contributed by atoms with Crippen molar-refractivity contribution in [2.75, 3.05) is 12.5 Å². The Kier molecular flexibility index (Phi) is 7.30. The summed E-state index contributed by atoms with van der Waals surface area (Å²) in [5, 5.41) is 6.53. The van der Waals surface area contributed by atoms with Gasteiger partial charge in [0.05, 0.1) is 23.2 Å². The van der Waals surface area contributed by atoms with Crippen molar-refractivity contribution in [3.8, 4) is 11.5 Å². The number of fused-ring (bicyclic) bond motifs is 2. The lowest BCUT2D eigenvalue weighted by Crippen LogP contribution is -2.32.